The van der Waals surface area contributed by atoms with Gasteiger partial charge in [0.1, 0.15) is 0 Å². The van der Waals surface area contributed by atoms with Gasteiger partial charge in [0.25, 0.3) is 0 Å². The zero-order chi connectivity index (χ0) is 8.81. The average Bonchev–Trinajstić information content (AvgIpc) is 2.06. The highest BCUT2D eigenvalue weighted by atomic mass is 16.6. The molecule has 0 radical (unpaired) electrons. The molecular weight excluding hydrogens is 160 g/mol. The molecule has 0 saturated heterocycles. The first-order chi connectivity index (χ1) is 5.83. The molecule has 0 atom stereocenters. The van der Waals surface area contributed by atoms with E-state index in [1.807, 2.05) is 0 Å². The highest BCUT2D eigenvalue weighted by Crippen LogP contribution is 2.02. The van der Waals surface area contributed by atoms with Crippen molar-refractivity contribution in [2.75, 3.05) is 12.1 Å². The minimum Gasteiger partial charge on any atom is -0.422 e. The van der Waals surface area contributed by atoms with Gasteiger partial charge in [-0.2, -0.15) is 0 Å². The van der Waals surface area contributed by atoms with E-state index in [-0.39, 0.29) is 0 Å². The molecule has 0 bridgehead atoms. The van der Waals surface area contributed by atoms with Crippen LogP contribution in [-0.2, 0) is 4.74 Å². The number of anilines is 1. The van der Waals surface area contributed by atoms with E-state index in [1.165, 1.54) is 6.20 Å². The number of hydrogen-bond acceptors (Lipinski definition) is 4. The molecule has 1 aromatic heterocycles. The first-order valence-electron chi connectivity index (χ1n) is 3.27. The number of hydrogen-bond donors (Lipinski definition) is 2. The van der Waals surface area contributed by atoms with Gasteiger partial charge in [-0.15, -0.1) is 0 Å². The molecule has 2 N–H and O–H groups in total. The van der Waals surface area contributed by atoms with E-state index < -0.39 is 12.9 Å². The van der Waals surface area contributed by atoms with Crippen molar-refractivity contribution in [1.82, 2.24) is 4.98 Å². The second-order valence-electron chi connectivity index (χ2n) is 1.93. The summed E-state index contributed by atoms with van der Waals surface area (Å²) in [6.45, 7) is -0.633. The minimum atomic E-state index is -0.703. The first kappa shape index (κ1) is 8.48. The zero-order valence-corrected chi connectivity index (χ0v) is 6.23. The van der Waals surface area contributed by atoms with Crippen molar-refractivity contribution >= 4 is 11.8 Å². The average molecular weight is 168 g/mol. The summed E-state index contributed by atoms with van der Waals surface area (Å²) < 4.78 is 4.22. The van der Waals surface area contributed by atoms with Crippen LogP contribution in [0.25, 0.3) is 0 Å². The molecule has 1 heterocycles. The summed E-state index contributed by atoms with van der Waals surface area (Å²) in [7, 11) is 0. The van der Waals surface area contributed by atoms with Crippen molar-refractivity contribution in [3.8, 4) is 0 Å². The molecule has 5 nitrogen and oxygen atoms in total. The van der Waals surface area contributed by atoms with Crippen molar-refractivity contribution in [2.45, 2.75) is 0 Å². The molecule has 0 aromatic carbocycles. The second-order valence-corrected chi connectivity index (χ2v) is 1.93. The Labute approximate surface area is 69.0 Å². The minimum absolute atomic E-state index is 0.524. The smallest absolute Gasteiger partial charge is 0.413 e. The number of nitrogens with one attached hydrogen (secondary N) is 1. The van der Waals surface area contributed by atoms with Crippen molar-refractivity contribution in [1.29, 1.82) is 0 Å². The lowest BCUT2D eigenvalue weighted by molar-refractivity contribution is 0.0528. The number of carbonyl (C=O) groups excluding carboxylic acids is 1. The topological polar surface area (TPSA) is 71.5 Å². The third-order valence-electron chi connectivity index (χ3n) is 1.10. The molecule has 0 fully saturated rings. The van der Waals surface area contributed by atoms with Gasteiger partial charge >= 0.3 is 6.09 Å². The molecule has 0 spiro atoms. The fourth-order valence-electron chi connectivity index (χ4n) is 0.649. The number of pyridine rings is 1. The van der Waals surface area contributed by atoms with Crippen LogP contribution in [0.2, 0.25) is 0 Å². The Balaban J connectivity index is 2.47. The number of rotatable bonds is 2. The fourth-order valence-corrected chi connectivity index (χ4v) is 0.649. The Kier molecular flexibility index (Phi) is 3.04. The molecule has 0 aliphatic rings. The van der Waals surface area contributed by atoms with Crippen LogP contribution in [0.4, 0.5) is 10.5 Å². The van der Waals surface area contributed by atoms with Crippen molar-refractivity contribution in [3.05, 3.63) is 24.5 Å². The maximum Gasteiger partial charge on any atom is 0.413 e. The first-order valence-corrected chi connectivity index (χ1v) is 3.27. The Hall–Kier alpha value is -1.62. The number of carbonyl (C=O) groups is 1. The molecule has 5 heteroatoms. The predicted molar refractivity (Wildman–Crippen MR) is 41.4 cm³/mol. The van der Waals surface area contributed by atoms with Crippen LogP contribution in [0, 0.1) is 0 Å². The van der Waals surface area contributed by atoms with Crippen LogP contribution < -0.4 is 5.32 Å². The Bertz CT molecular complexity index is 250. The van der Waals surface area contributed by atoms with E-state index in [1.54, 1.807) is 18.3 Å². The summed E-state index contributed by atoms with van der Waals surface area (Å²) in [6, 6.07) is 3.33. The molecule has 0 aliphatic heterocycles. The van der Waals surface area contributed by atoms with Crippen molar-refractivity contribution in [2.24, 2.45) is 0 Å². The highest BCUT2D eigenvalue weighted by molar-refractivity contribution is 5.84. The van der Waals surface area contributed by atoms with Gasteiger partial charge < -0.3 is 9.84 Å². The van der Waals surface area contributed by atoms with Crippen LogP contribution >= 0.6 is 0 Å². The van der Waals surface area contributed by atoms with Crippen LogP contribution in [0.1, 0.15) is 0 Å². The Morgan fingerprint density at radius 2 is 2.58 bits per heavy atom. The molecular formula is C7H8N2O3. The molecule has 0 unspecified atom stereocenters. The third-order valence-corrected chi connectivity index (χ3v) is 1.10. The van der Waals surface area contributed by atoms with E-state index >= 15 is 0 Å². The lowest BCUT2D eigenvalue weighted by Crippen LogP contribution is -2.13. The van der Waals surface area contributed by atoms with E-state index in [0.29, 0.717) is 5.69 Å². The van der Waals surface area contributed by atoms with Crippen LogP contribution in [0.5, 0.6) is 0 Å². The van der Waals surface area contributed by atoms with E-state index in [9.17, 15) is 4.79 Å². The molecule has 0 aliphatic carbocycles. The molecule has 0 saturated carbocycles. The van der Waals surface area contributed by atoms with Crippen molar-refractivity contribution in [3.63, 3.8) is 0 Å². The van der Waals surface area contributed by atoms with Crippen molar-refractivity contribution < 1.29 is 14.6 Å². The van der Waals surface area contributed by atoms with E-state index in [2.05, 4.69) is 15.0 Å². The Morgan fingerprint density at radius 1 is 1.75 bits per heavy atom. The van der Waals surface area contributed by atoms with Gasteiger partial charge in [0, 0.05) is 6.20 Å². The molecule has 1 amide bonds. The summed E-state index contributed by atoms with van der Waals surface area (Å²) in [6.07, 6.45) is 2.35. The number of amides is 1. The maximum absolute atomic E-state index is 10.7. The quantitative estimate of drug-likeness (QED) is 0.633. The number of ether oxygens (including phenoxy) is 1. The highest BCUT2D eigenvalue weighted by Gasteiger charge is 1.99. The van der Waals surface area contributed by atoms with E-state index in [4.69, 9.17) is 5.11 Å². The number of nitrogens with zero attached hydrogens (tertiary/aromatic N) is 1. The summed E-state index contributed by atoms with van der Waals surface area (Å²) in [5.41, 5.74) is 0.524. The van der Waals surface area contributed by atoms with Gasteiger partial charge in [-0.05, 0) is 12.1 Å². The third kappa shape index (κ3) is 2.55. The SMILES string of the molecule is O=C(Nc1cccnc1)OCO. The lowest BCUT2D eigenvalue weighted by atomic mass is 10.4. The molecule has 1 rings (SSSR count). The van der Waals surface area contributed by atoms with Gasteiger partial charge in [0.2, 0.25) is 0 Å². The standard InChI is InChI=1S/C7H8N2O3/c10-5-12-7(11)9-6-2-1-3-8-4-6/h1-4,10H,5H2,(H,9,11). The molecule has 64 valence electrons. The van der Waals surface area contributed by atoms with E-state index in [0.717, 1.165) is 0 Å². The molecule has 1 aromatic rings. The normalized spacial score (nSPS) is 9.08. The predicted octanol–water partition coefficient (Wildman–Crippen LogP) is 0.580. The summed E-state index contributed by atoms with van der Waals surface area (Å²) in [5, 5.41) is 10.6. The monoisotopic (exact) mass is 168 g/mol. The van der Waals surface area contributed by atoms with Gasteiger partial charge in [-0.1, -0.05) is 0 Å². The number of aromatic nitrogens is 1. The van der Waals surface area contributed by atoms with Crippen LogP contribution in [0.3, 0.4) is 0 Å². The van der Waals surface area contributed by atoms with Gasteiger partial charge in [0.05, 0.1) is 11.9 Å². The summed E-state index contributed by atoms with van der Waals surface area (Å²) in [4.78, 5) is 14.5. The van der Waals surface area contributed by atoms with Gasteiger partial charge in [-0.25, -0.2) is 4.79 Å². The Morgan fingerprint density at radius 3 is 3.17 bits per heavy atom. The number of aliphatic hydroxyl groups is 1. The largest absolute Gasteiger partial charge is 0.422 e. The molecule has 12 heavy (non-hydrogen) atoms. The van der Waals surface area contributed by atoms with Gasteiger partial charge in [0.15, 0.2) is 6.79 Å². The summed E-state index contributed by atoms with van der Waals surface area (Å²) >= 11 is 0. The van der Waals surface area contributed by atoms with Gasteiger partial charge in [-0.3, -0.25) is 10.3 Å². The zero-order valence-electron chi connectivity index (χ0n) is 6.23. The second kappa shape index (κ2) is 4.30. The maximum atomic E-state index is 10.7. The lowest BCUT2D eigenvalue weighted by Gasteiger charge is -2.02. The van der Waals surface area contributed by atoms with Crippen LogP contribution in [-0.4, -0.2) is 23.0 Å². The van der Waals surface area contributed by atoms with Crippen LogP contribution in [0.15, 0.2) is 24.5 Å². The summed E-state index contributed by atoms with van der Waals surface area (Å²) in [5.74, 6) is 0. The number of aliphatic hydroxyl groups excluding tert-OH is 1. The fraction of sp³-hybridized carbons (Fsp3) is 0.143.